The molecule has 24 heavy (non-hydrogen) atoms. The minimum absolute atomic E-state index is 0.0442. The summed E-state index contributed by atoms with van der Waals surface area (Å²) in [6.45, 7) is 3.68. The maximum Gasteiger partial charge on any atom is 0.274 e. The van der Waals surface area contributed by atoms with Crippen molar-refractivity contribution in [3.05, 3.63) is 65.0 Å². The second-order valence-electron chi connectivity index (χ2n) is 6.11. The zero-order chi connectivity index (χ0) is 16.5. The van der Waals surface area contributed by atoms with Gasteiger partial charge in [0, 0.05) is 44.3 Å². The Kier molecular flexibility index (Phi) is 3.69. The largest absolute Gasteiger partial charge is 0.368 e. The number of fused-ring (bicyclic) bond motifs is 1. The number of hydrogen-bond donors (Lipinski definition) is 0. The Balaban J connectivity index is 1.64. The number of nitrogens with zero attached hydrogens (tertiary/aromatic N) is 4. The molecule has 0 unspecified atom stereocenters. The Morgan fingerprint density at radius 2 is 1.38 bits per heavy atom. The maximum absolute atomic E-state index is 12.3. The van der Waals surface area contributed by atoms with Gasteiger partial charge in [0.2, 0.25) is 0 Å². The second-order valence-corrected chi connectivity index (χ2v) is 6.11. The third-order valence-corrected chi connectivity index (χ3v) is 4.64. The Morgan fingerprint density at radius 3 is 2.08 bits per heavy atom. The van der Waals surface area contributed by atoms with E-state index < -0.39 is 0 Å². The van der Waals surface area contributed by atoms with Gasteiger partial charge in [-0.05, 0) is 18.2 Å². The van der Waals surface area contributed by atoms with E-state index in [0.717, 1.165) is 42.8 Å². The van der Waals surface area contributed by atoms with Gasteiger partial charge in [-0.15, -0.1) is 0 Å². The van der Waals surface area contributed by atoms with Crippen molar-refractivity contribution in [3.8, 4) is 0 Å². The molecule has 0 radical (unpaired) electrons. The van der Waals surface area contributed by atoms with Crippen LogP contribution in [0.5, 0.6) is 0 Å². The Bertz CT molecular complexity index is 912. The highest BCUT2D eigenvalue weighted by molar-refractivity contribution is 5.91. The van der Waals surface area contributed by atoms with Gasteiger partial charge in [0.05, 0.1) is 5.39 Å². The van der Waals surface area contributed by atoms with Crippen molar-refractivity contribution in [2.24, 2.45) is 7.05 Å². The lowest BCUT2D eigenvalue weighted by Gasteiger charge is -2.37. The van der Waals surface area contributed by atoms with E-state index in [1.807, 2.05) is 30.3 Å². The van der Waals surface area contributed by atoms with Gasteiger partial charge in [0.1, 0.15) is 0 Å². The van der Waals surface area contributed by atoms with E-state index in [-0.39, 0.29) is 5.56 Å². The van der Waals surface area contributed by atoms with Gasteiger partial charge < -0.3 is 9.80 Å². The van der Waals surface area contributed by atoms with Gasteiger partial charge in [0.15, 0.2) is 5.82 Å². The maximum atomic E-state index is 12.3. The lowest BCUT2D eigenvalue weighted by Crippen LogP contribution is -2.47. The molecular weight excluding hydrogens is 300 g/mol. The molecule has 1 saturated heterocycles. The predicted octanol–water partition coefficient (Wildman–Crippen LogP) is 2.26. The second kappa shape index (κ2) is 6.00. The number of piperazine rings is 1. The molecule has 2 heterocycles. The fourth-order valence-corrected chi connectivity index (χ4v) is 3.33. The molecule has 4 rings (SSSR count). The highest BCUT2D eigenvalue weighted by Gasteiger charge is 2.21. The first-order chi connectivity index (χ1) is 11.7. The molecule has 1 aliphatic heterocycles. The first kappa shape index (κ1) is 14.8. The molecular formula is C19H20N4O. The van der Waals surface area contributed by atoms with Gasteiger partial charge in [-0.25, -0.2) is 4.68 Å². The molecule has 0 amide bonds. The van der Waals surface area contributed by atoms with E-state index in [2.05, 4.69) is 39.2 Å². The third-order valence-electron chi connectivity index (χ3n) is 4.64. The fourth-order valence-electron chi connectivity index (χ4n) is 3.33. The molecule has 0 bridgehead atoms. The number of hydrogen-bond acceptors (Lipinski definition) is 4. The summed E-state index contributed by atoms with van der Waals surface area (Å²) < 4.78 is 1.45. The average Bonchev–Trinajstić information content (AvgIpc) is 2.66. The Labute approximate surface area is 140 Å². The number of para-hydroxylation sites is 1. The van der Waals surface area contributed by atoms with Crippen molar-refractivity contribution in [2.45, 2.75) is 0 Å². The monoisotopic (exact) mass is 320 g/mol. The van der Waals surface area contributed by atoms with Crippen LogP contribution in [0.15, 0.2) is 59.4 Å². The van der Waals surface area contributed by atoms with E-state index in [4.69, 9.17) is 0 Å². The van der Waals surface area contributed by atoms with E-state index >= 15 is 0 Å². The van der Waals surface area contributed by atoms with Crippen molar-refractivity contribution in [1.82, 2.24) is 9.78 Å². The quantitative estimate of drug-likeness (QED) is 0.726. The normalized spacial score (nSPS) is 15.0. The average molecular weight is 320 g/mol. The van der Waals surface area contributed by atoms with Gasteiger partial charge in [0.25, 0.3) is 5.56 Å². The summed E-state index contributed by atoms with van der Waals surface area (Å²) in [6, 6.07) is 18.2. The zero-order valence-electron chi connectivity index (χ0n) is 13.7. The van der Waals surface area contributed by atoms with Crippen LogP contribution in [0.3, 0.4) is 0 Å². The predicted molar refractivity (Wildman–Crippen MR) is 97.9 cm³/mol. The SMILES string of the molecule is Cn1nc(N2CCN(c3ccccc3)CC2)c2ccccc2c1=O. The van der Waals surface area contributed by atoms with Gasteiger partial charge >= 0.3 is 0 Å². The molecule has 5 nitrogen and oxygen atoms in total. The van der Waals surface area contributed by atoms with Crippen LogP contribution in [-0.4, -0.2) is 36.0 Å². The summed E-state index contributed by atoms with van der Waals surface area (Å²) >= 11 is 0. The van der Waals surface area contributed by atoms with Gasteiger partial charge in [-0.2, -0.15) is 5.10 Å². The zero-order valence-corrected chi connectivity index (χ0v) is 13.7. The number of anilines is 2. The fraction of sp³-hybridized carbons (Fsp3) is 0.263. The molecule has 0 N–H and O–H groups in total. The van der Waals surface area contributed by atoms with Crippen molar-refractivity contribution in [1.29, 1.82) is 0 Å². The molecule has 1 aliphatic rings. The molecule has 0 spiro atoms. The number of aromatic nitrogens is 2. The van der Waals surface area contributed by atoms with Gasteiger partial charge in [-0.3, -0.25) is 4.79 Å². The van der Waals surface area contributed by atoms with E-state index in [9.17, 15) is 4.79 Å². The molecule has 2 aromatic carbocycles. The number of aryl methyl sites for hydroxylation is 1. The molecule has 0 saturated carbocycles. The highest BCUT2D eigenvalue weighted by Crippen LogP contribution is 2.24. The summed E-state index contributed by atoms with van der Waals surface area (Å²) in [6.07, 6.45) is 0. The lowest BCUT2D eigenvalue weighted by molar-refractivity contribution is 0.628. The topological polar surface area (TPSA) is 41.4 Å². The molecule has 0 aliphatic carbocycles. The summed E-state index contributed by atoms with van der Waals surface area (Å²) in [7, 11) is 1.72. The van der Waals surface area contributed by atoms with E-state index in [0.29, 0.717) is 0 Å². The van der Waals surface area contributed by atoms with E-state index in [1.165, 1.54) is 10.4 Å². The van der Waals surface area contributed by atoms with Crippen LogP contribution in [0.4, 0.5) is 11.5 Å². The van der Waals surface area contributed by atoms with Crippen LogP contribution in [0.1, 0.15) is 0 Å². The van der Waals surface area contributed by atoms with Crippen LogP contribution in [-0.2, 0) is 7.05 Å². The van der Waals surface area contributed by atoms with Crippen LogP contribution in [0.2, 0.25) is 0 Å². The van der Waals surface area contributed by atoms with Crippen molar-refractivity contribution >= 4 is 22.3 Å². The first-order valence-electron chi connectivity index (χ1n) is 8.25. The van der Waals surface area contributed by atoms with Crippen LogP contribution >= 0.6 is 0 Å². The van der Waals surface area contributed by atoms with Gasteiger partial charge in [-0.1, -0.05) is 36.4 Å². The van der Waals surface area contributed by atoms with Crippen LogP contribution < -0.4 is 15.4 Å². The first-order valence-corrected chi connectivity index (χ1v) is 8.25. The summed E-state index contributed by atoms with van der Waals surface area (Å²) in [5.74, 6) is 0.903. The molecule has 1 fully saturated rings. The molecule has 5 heteroatoms. The summed E-state index contributed by atoms with van der Waals surface area (Å²) in [5, 5.41) is 6.20. The standard InChI is InChI=1S/C19H20N4O/c1-21-19(24)17-10-6-5-9-16(17)18(20-21)23-13-11-22(12-14-23)15-7-3-2-4-8-15/h2-10H,11-14H2,1H3. The third kappa shape index (κ3) is 2.52. The molecule has 1 aromatic heterocycles. The highest BCUT2D eigenvalue weighted by atomic mass is 16.1. The molecule has 0 atom stereocenters. The van der Waals surface area contributed by atoms with Crippen molar-refractivity contribution in [2.75, 3.05) is 36.0 Å². The minimum Gasteiger partial charge on any atom is -0.368 e. The number of rotatable bonds is 2. The van der Waals surface area contributed by atoms with Crippen molar-refractivity contribution < 1.29 is 0 Å². The summed E-state index contributed by atoms with van der Waals surface area (Å²) in [4.78, 5) is 16.9. The lowest BCUT2D eigenvalue weighted by atomic mass is 10.1. The Hall–Kier alpha value is -2.82. The van der Waals surface area contributed by atoms with E-state index in [1.54, 1.807) is 7.05 Å². The Morgan fingerprint density at radius 1 is 0.792 bits per heavy atom. The molecule has 3 aromatic rings. The number of benzene rings is 2. The smallest absolute Gasteiger partial charge is 0.274 e. The molecule has 122 valence electrons. The van der Waals surface area contributed by atoms with Crippen molar-refractivity contribution in [3.63, 3.8) is 0 Å². The minimum atomic E-state index is -0.0442. The van der Waals surface area contributed by atoms with Crippen LogP contribution in [0.25, 0.3) is 10.8 Å². The van der Waals surface area contributed by atoms with Crippen LogP contribution in [0, 0.1) is 0 Å². The summed E-state index contributed by atoms with van der Waals surface area (Å²) in [5.41, 5.74) is 1.22.